The molecule has 0 saturated heterocycles. The Morgan fingerprint density at radius 2 is 1.86 bits per heavy atom. The smallest absolute Gasteiger partial charge is 0.271 e. The molecule has 108 valence electrons. The number of carbonyl (C=O) groups is 1. The first-order valence-electron chi connectivity index (χ1n) is 6.35. The molecule has 0 bridgehead atoms. The van der Waals surface area contributed by atoms with Gasteiger partial charge in [-0.1, -0.05) is 17.7 Å². The molecule has 0 aliphatic rings. The number of amides is 1. The van der Waals surface area contributed by atoms with Gasteiger partial charge < -0.3 is 4.74 Å². The second-order valence-electron chi connectivity index (χ2n) is 4.38. The Morgan fingerprint density at radius 1 is 1.14 bits per heavy atom. The summed E-state index contributed by atoms with van der Waals surface area (Å²) in [5, 5.41) is 4.60. The van der Waals surface area contributed by atoms with E-state index in [0.29, 0.717) is 16.3 Å². The Bertz CT molecular complexity index is 666. The number of nitrogens with one attached hydrogen (secondary N) is 1. The van der Waals surface area contributed by atoms with Crippen LogP contribution >= 0.6 is 11.6 Å². The number of halogens is 1. The SMILES string of the molecule is COc1ccc(C(C)=NNC(=O)c2cccc(Cl)c2)cc1. The Labute approximate surface area is 128 Å². The summed E-state index contributed by atoms with van der Waals surface area (Å²) in [5.74, 6) is 0.472. The average molecular weight is 303 g/mol. The highest BCUT2D eigenvalue weighted by Gasteiger charge is 2.05. The van der Waals surface area contributed by atoms with Crippen LogP contribution in [0.1, 0.15) is 22.8 Å². The maximum absolute atomic E-state index is 11.9. The summed E-state index contributed by atoms with van der Waals surface area (Å²) in [6, 6.07) is 14.1. The second-order valence-corrected chi connectivity index (χ2v) is 4.81. The lowest BCUT2D eigenvalue weighted by Gasteiger charge is -2.04. The first-order chi connectivity index (χ1) is 10.1. The van der Waals surface area contributed by atoms with Crippen molar-refractivity contribution in [3.05, 3.63) is 64.7 Å². The van der Waals surface area contributed by atoms with Crippen LogP contribution in [0.4, 0.5) is 0 Å². The number of benzene rings is 2. The van der Waals surface area contributed by atoms with E-state index in [9.17, 15) is 4.79 Å². The third kappa shape index (κ3) is 4.07. The van der Waals surface area contributed by atoms with E-state index in [2.05, 4.69) is 10.5 Å². The largest absolute Gasteiger partial charge is 0.497 e. The van der Waals surface area contributed by atoms with Crippen LogP contribution in [0, 0.1) is 0 Å². The molecule has 4 nitrogen and oxygen atoms in total. The number of carbonyl (C=O) groups excluding carboxylic acids is 1. The zero-order valence-electron chi connectivity index (χ0n) is 11.8. The summed E-state index contributed by atoms with van der Waals surface area (Å²) in [5.41, 5.74) is 4.59. The molecule has 0 radical (unpaired) electrons. The van der Waals surface area contributed by atoms with Crippen molar-refractivity contribution in [2.75, 3.05) is 7.11 Å². The van der Waals surface area contributed by atoms with Crippen molar-refractivity contribution < 1.29 is 9.53 Å². The maximum Gasteiger partial charge on any atom is 0.271 e. The molecular weight excluding hydrogens is 288 g/mol. The standard InChI is InChI=1S/C16H15ClN2O2/c1-11(12-6-8-15(21-2)9-7-12)18-19-16(20)13-4-3-5-14(17)10-13/h3-10H,1-2H3,(H,19,20). The third-order valence-electron chi connectivity index (χ3n) is 2.92. The molecule has 0 aliphatic heterocycles. The molecular formula is C16H15ClN2O2. The van der Waals surface area contributed by atoms with E-state index >= 15 is 0 Å². The van der Waals surface area contributed by atoms with Crippen molar-refractivity contribution in [2.45, 2.75) is 6.92 Å². The van der Waals surface area contributed by atoms with Crippen LogP contribution in [0.25, 0.3) is 0 Å². The number of hydrogen-bond donors (Lipinski definition) is 1. The van der Waals surface area contributed by atoms with Gasteiger partial charge >= 0.3 is 0 Å². The molecule has 2 rings (SSSR count). The summed E-state index contributed by atoms with van der Waals surface area (Å²) in [6.07, 6.45) is 0. The van der Waals surface area contributed by atoms with Gasteiger partial charge in [-0.2, -0.15) is 5.10 Å². The van der Waals surface area contributed by atoms with Crippen LogP contribution in [0.15, 0.2) is 53.6 Å². The third-order valence-corrected chi connectivity index (χ3v) is 3.15. The fourth-order valence-corrected chi connectivity index (χ4v) is 1.92. The Kier molecular flexibility index (Phi) is 4.95. The molecule has 2 aromatic carbocycles. The molecule has 0 saturated carbocycles. The van der Waals surface area contributed by atoms with Crippen LogP contribution in [0.2, 0.25) is 5.02 Å². The van der Waals surface area contributed by atoms with E-state index in [1.54, 1.807) is 31.4 Å². The first-order valence-corrected chi connectivity index (χ1v) is 6.72. The van der Waals surface area contributed by atoms with Gasteiger partial charge in [0, 0.05) is 10.6 Å². The predicted octanol–water partition coefficient (Wildman–Crippen LogP) is 3.50. The monoisotopic (exact) mass is 302 g/mol. The minimum Gasteiger partial charge on any atom is -0.497 e. The Balaban J connectivity index is 2.07. The lowest BCUT2D eigenvalue weighted by Crippen LogP contribution is -2.19. The van der Waals surface area contributed by atoms with Crippen molar-refractivity contribution in [1.29, 1.82) is 0 Å². The molecule has 0 fully saturated rings. The summed E-state index contributed by atoms with van der Waals surface area (Å²) in [6.45, 7) is 1.82. The molecule has 1 N–H and O–H groups in total. The number of ether oxygens (including phenoxy) is 1. The highest BCUT2D eigenvalue weighted by atomic mass is 35.5. The lowest BCUT2D eigenvalue weighted by atomic mass is 10.1. The van der Waals surface area contributed by atoms with Gasteiger partial charge in [-0.05, 0) is 55.0 Å². The molecule has 0 spiro atoms. The molecule has 0 atom stereocenters. The first kappa shape index (κ1) is 15.1. The summed E-state index contributed by atoms with van der Waals surface area (Å²) in [7, 11) is 1.61. The van der Waals surface area contributed by atoms with Crippen molar-refractivity contribution in [3.63, 3.8) is 0 Å². The molecule has 5 heteroatoms. The van der Waals surface area contributed by atoms with Gasteiger partial charge in [0.25, 0.3) is 5.91 Å². The molecule has 1 amide bonds. The Hall–Kier alpha value is -2.33. The number of hydrogen-bond acceptors (Lipinski definition) is 3. The molecule has 0 unspecified atom stereocenters. The fourth-order valence-electron chi connectivity index (χ4n) is 1.73. The summed E-state index contributed by atoms with van der Waals surface area (Å²) in [4.78, 5) is 11.9. The summed E-state index contributed by atoms with van der Waals surface area (Å²) >= 11 is 5.85. The predicted molar refractivity (Wildman–Crippen MR) is 84.1 cm³/mol. The second kappa shape index (κ2) is 6.90. The Morgan fingerprint density at radius 3 is 2.48 bits per heavy atom. The van der Waals surface area contributed by atoms with Crippen LogP contribution in [0.5, 0.6) is 5.75 Å². The van der Waals surface area contributed by atoms with Crippen molar-refractivity contribution in [2.24, 2.45) is 5.10 Å². The van der Waals surface area contributed by atoms with Crippen LogP contribution in [-0.4, -0.2) is 18.7 Å². The molecule has 21 heavy (non-hydrogen) atoms. The van der Waals surface area contributed by atoms with E-state index in [0.717, 1.165) is 11.3 Å². The zero-order chi connectivity index (χ0) is 15.2. The summed E-state index contributed by atoms with van der Waals surface area (Å²) < 4.78 is 5.09. The van der Waals surface area contributed by atoms with Gasteiger partial charge in [-0.25, -0.2) is 5.43 Å². The van der Waals surface area contributed by atoms with Crippen molar-refractivity contribution in [3.8, 4) is 5.75 Å². The van der Waals surface area contributed by atoms with E-state index in [-0.39, 0.29) is 5.91 Å². The average Bonchev–Trinajstić information content (AvgIpc) is 2.52. The minimum absolute atomic E-state index is 0.301. The zero-order valence-corrected chi connectivity index (χ0v) is 12.5. The van der Waals surface area contributed by atoms with Gasteiger partial charge in [0.05, 0.1) is 12.8 Å². The normalized spacial score (nSPS) is 11.1. The van der Waals surface area contributed by atoms with Gasteiger partial charge in [-0.3, -0.25) is 4.79 Å². The quantitative estimate of drug-likeness (QED) is 0.694. The molecule has 0 heterocycles. The van der Waals surface area contributed by atoms with Crippen molar-refractivity contribution >= 4 is 23.2 Å². The van der Waals surface area contributed by atoms with Crippen molar-refractivity contribution in [1.82, 2.24) is 5.43 Å². The van der Waals surface area contributed by atoms with Gasteiger partial charge in [0.1, 0.15) is 5.75 Å². The number of methoxy groups -OCH3 is 1. The van der Waals surface area contributed by atoms with Crippen LogP contribution < -0.4 is 10.2 Å². The fraction of sp³-hybridized carbons (Fsp3) is 0.125. The van der Waals surface area contributed by atoms with Gasteiger partial charge in [0.2, 0.25) is 0 Å². The van der Waals surface area contributed by atoms with E-state index in [1.807, 2.05) is 31.2 Å². The highest BCUT2D eigenvalue weighted by Crippen LogP contribution is 2.12. The van der Waals surface area contributed by atoms with E-state index in [1.165, 1.54) is 0 Å². The number of hydrazone groups is 1. The molecule has 0 aromatic heterocycles. The maximum atomic E-state index is 11.9. The highest BCUT2D eigenvalue weighted by molar-refractivity contribution is 6.30. The minimum atomic E-state index is -0.301. The topological polar surface area (TPSA) is 50.7 Å². The lowest BCUT2D eigenvalue weighted by molar-refractivity contribution is 0.0955. The van der Waals surface area contributed by atoms with Gasteiger partial charge in [0.15, 0.2) is 0 Å². The number of nitrogens with zero attached hydrogens (tertiary/aromatic N) is 1. The van der Waals surface area contributed by atoms with Gasteiger partial charge in [-0.15, -0.1) is 0 Å². The molecule has 2 aromatic rings. The molecule has 0 aliphatic carbocycles. The van der Waals surface area contributed by atoms with Crippen LogP contribution in [0.3, 0.4) is 0 Å². The van der Waals surface area contributed by atoms with Crippen LogP contribution in [-0.2, 0) is 0 Å². The number of rotatable bonds is 4. The van der Waals surface area contributed by atoms with E-state index in [4.69, 9.17) is 16.3 Å². The van der Waals surface area contributed by atoms with E-state index < -0.39 is 0 Å².